The molecule has 0 saturated carbocycles. The number of benzene rings is 1. The van der Waals surface area contributed by atoms with E-state index in [1.807, 2.05) is 0 Å². The van der Waals surface area contributed by atoms with Gasteiger partial charge < -0.3 is 10.8 Å². The van der Waals surface area contributed by atoms with Gasteiger partial charge in [0.05, 0.1) is 0 Å². The summed E-state index contributed by atoms with van der Waals surface area (Å²) in [6.07, 6.45) is 0. The van der Waals surface area contributed by atoms with Crippen molar-refractivity contribution < 1.29 is 9.90 Å². The van der Waals surface area contributed by atoms with Gasteiger partial charge in [0.2, 0.25) is 0 Å². The molecule has 0 aliphatic carbocycles. The summed E-state index contributed by atoms with van der Waals surface area (Å²) in [5, 5.41) is 9.02. The first-order chi connectivity index (χ1) is 5.61. The molecular weight excluding hydrogens is 156 g/mol. The molecule has 63 valence electrons. The molecule has 0 heterocycles. The number of amides is 1. The SMILES string of the molecule is [NH]C(=O)C(N)c1cccc(O)c1. The number of aromatic hydroxyl groups is 1. The molecule has 0 bridgehead atoms. The molecule has 0 fully saturated rings. The third kappa shape index (κ3) is 1.73. The minimum absolute atomic E-state index is 0.0456. The number of carbonyl (C=O) groups is 1. The Hall–Kier alpha value is -1.55. The second kappa shape index (κ2) is 3.23. The summed E-state index contributed by atoms with van der Waals surface area (Å²) in [6, 6.07) is 5.06. The molecule has 0 aliphatic rings. The summed E-state index contributed by atoms with van der Waals surface area (Å²) in [6.45, 7) is 0. The van der Waals surface area contributed by atoms with Gasteiger partial charge in [0, 0.05) is 0 Å². The fourth-order valence-corrected chi connectivity index (χ4v) is 0.870. The molecule has 1 aromatic carbocycles. The number of carbonyl (C=O) groups excluding carboxylic acids is 1. The van der Waals surface area contributed by atoms with E-state index in [2.05, 4.69) is 0 Å². The highest BCUT2D eigenvalue weighted by Crippen LogP contribution is 2.15. The Kier molecular flexibility index (Phi) is 2.30. The van der Waals surface area contributed by atoms with E-state index in [1.165, 1.54) is 12.1 Å². The second-order valence-electron chi connectivity index (χ2n) is 2.44. The Morgan fingerprint density at radius 1 is 1.58 bits per heavy atom. The van der Waals surface area contributed by atoms with Gasteiger partial charge in [0.1, 0.15) is 11.8 Å². The van der Waals surface area contributed by atoms with Gasteiger partial charge in [0.15, 0.2) is 0 Å². The largest absolute Gasteiger partial charge is 0.508 e. The predicted molar refractivity (Wildman–Crippen MR) is 43.1 cm³/mol. The van der Waals surface area contributed by atoms with Gasteiger partial charge in [-0.05, 0) is 17.7 Å². The lowest BCUT2D eigenvalue weighted by Gasteiger charge is -2.06. The molecule has 0 saturated heterocycles. The molecule has 1 amide bonds. The van der Waals surface area contributed by atoms with Crippen molar-refractivity contribution >= 4 is 5.91 Å². The van der Waals surface area contributed by atoms with Crippen LogP contribution in [-0.2, 0) is 4.79 Å². The number of hydrogen-bond donors (Lipinski definition) is 2. The van der Waals surface area contributed by atoms with Crippen molar-refractivity contribution in [2.75, 3.05) is 0 Å². The summed E-state index contributed by atoms with van der Waals surface area (Å²) < 4.78 is 0. The molecule has 0 aliphatic heterocycles. The van der Waals surface area contributed by atoms with E-state index >= 15 is 0 Å². The van der Waals surface area contributed by atoms with Crippen LogP contribution in [0.15, 0.2) is 24.3 Å². The molecule has 1 rings (SSSR count). The highest BCUT2D eigenvalue weighted by molar-refractivity contribution is 5.80. The maximum atomic E-state index is 10.5. The van der Waals surface area contributed by atoms with Gasteiger partial charge in [0.25, 0.3) is 5.91 Å². The monoisotopic (exact) mass is 165 g/mol. The topological polar surface area (TPSA) is 87.1 Å². The van der Waals surface area contributed by atoms with Gasteiger partial charge in [-0.25, -0.2) is 0 Å². The Balaban J connectivity index is 2.95. The minimum atomic E-state index is -0.961. The fraction of sp³-hybridized carbons (Fsp3) is 0.125. The summed E-state index contributed by atoms with van der Waals surface area (Å²) in [5.41, 5.74) is 12.6. The van der Waals surface area contributed by atoms with Crippen molar-refractivity contribution in [1.82, 2.24) is 5.73 Å². The Morgan fingerprint density at radius 3 is 2.75 bits per heavy atom. The van der Waals surface area contributed by atoms with Crippen LogP contribution in [0.3, 0.4) is 0 Å². The van der Waals surface area contributed by atoms with E-state index in [0.717, 1.165) is 0 Å². The first-order valence-corrected chi connectivity index (χ1v) is 3.41. The zero-order chi connectivity index (χ0) is 9.14. The Labute approximate surface area is 69.8 Å². The van der Waals surface area contributed by atoms with Crippen molar-refractivity contribution in [3.8, 4) is 5.75 Å². The molecule has 1 unspecified atom stereocenters. The number of hydrogen-bond acceptors (Lipinski definition) is 3. The van der Waals surface area contributed by atoms with Crippen molar-refractivity contribution in [1.29, 1.82) is 0 Å². The molecule has 4 N–H and O–H groups in total. The molecule has 1 radical (unpaired) electrons. The smallest absolute Gasteiger partial charge is 0.259 e. The van der Waals surface area contributed by atoms with Crippen LogP contribution < -0.4 is 11.5 Å². The van der Waals surface area contributed by atoms with E-state index in [-0.39, 0.29) is 5.75 Å². The van der Waals surface area contributed by atoms with Crippen LogP contribution in [0.4, 0.5) is 0 Å². The van der Waals surface area contributed by atoms with E-state index in [0.29, 0.717) is 5.56 Å². The molecule has 4 heteroatoms. The van der Waals surface area contributed by atoms with E-state index in [9.17, 15) is 4.79 Å². The quantitative estimate of drug-likeness (QED) is 0.656. The molecule has 1 aromatic rings. The normalized spacial score (nSPS) is 12.4. The summed E-state index contributed by atoms with van der Waals surface area (Å²) in [5.74, 6) is -0.815. The number of nitrogens with one attached hydrogen (secondary N) is 1. The minimum Gasteiger partial charge on any atom is -0.508 e. The van der Waals surface area contributed by atoms with Crippen molar-refractivity contribution in [3.63, 3.8) is 0 Å². The maximum Gasteiger partial charge on any atom is 0.259 e. The highest BCUT2D eigenvalue weighted by Gasteiger charge is 2.12. The molecule has 4 nitrogen and oxygen atoms in total. The lowest BCUT2D eigenvalue weighted by Crippen LogP contribution is -2.21. The summed E-state index contributed by atoms with van der Waals surface area (Å²) >= 11 is 0. The Bertz CT molecular complexity index is 299. The Morgan fingerprint density at radius 2 is 2.25 bits per heavy atom. The molecule has 0 spiro atoms. The van der Waals surface area contributed by atoms with Crippen molar-refractivity contribution in [2.24, 2.45) is 5.73 Å². The number of phenolic OH excluding ortho intramolecular Hbond substituents is 1. The van der Waals surface area contributed by atoms with Gasteiger partial charge >= 0.3 is 0 Å². The van der Waals surface area contributed by atoms with Crippen LogP contribution in [0, 0.1) is 0 Å². The maximum absolute atomic E-state index is 10.5. The molecular formula is C8H9N2O2. The van der Waals surface area contributed by atoms with Gasteiger partial charge in [-0.1, -0.05) is 12.1 Å². The second-order valence-corrected chi connectivity index (χ2v) is 2.44. The number of rotatable bonds is 2. The van der Waals surface area contributed by atoms with Crippen LogP contribution in [0.25, 0.3) is 0 Å². The van der Waals surface area contributed by atoms with Crippen LogP contribution in [0.1, 0.15) is 11.6 Å². The third-order valence-corrected chi connectivity index (χ3v) is 1.51. The summed E-state index contributed by atoms with van der Waals surface area (Å²) in [7, 11) is 0. The van der Waals surface area contributed by atoms with E-state index in [1.54, 1.807) is 12.1 Å². The first-order valence-electron chi connectivity index (χ1n) is 3.41. The van der Waals surface area contributed by atoms with Crippen LogP contribution in [-0.4, -0.2) is 11.0 Å². The van der Waals surface area contributed by atoms with E-state index in [4.69, 9.17) is 16.6 Å². The third-order valence-electron chi connectivity index (χ3n) is 1.51. The van der Waals surface area contributed by atoms with Gasteiger partial charge in [-0.2, -0.15) is 0 Å². The lowest BCUT2D eigenvalue weighted by atomic mass is 10.1. The van der Waals surface area contributed by atoms with E-state index < -0.39 is 11.9 Å². The zero-order valence-corrected chi connectivity index (χ0v) is 6.32. The summed E-state index contributed by atoms with van der Waals surface area (Å²) in [4.78, 5) is 10.5. The molecule has 1 atom stereocenters. The van der Waals surface area contributed by atoms with Crippen LogP contribution in [0.2, 0.25) is 0 Å². The standard InChI is InChI=1S/C8H9N2O2/c9-7(8(10)12)5-2-1-3-6(11)4-5/h1-4,7,10-11H,9H2. The molecule has 0 aromatic heterocycles. The number of phenols is 1. The zero-order valence-electron chi connectivity index (χ0n) is 6.32. The van der Waals surface area contributed by atoms with Gasteiger partial charge in [-0.3, -0.25) is 10.5 Å². The van der Waals surface area contributed by atoms with Crippen molar-refractivity contribution in [2.45, 2.75) is 6.04 Å². The highest BCUT2D eigenvalue weighted by atomic mass is 16.3. The average Bonchev–Trinajstić information content (AvgIpc) is 2.03. The van der Waals surface area contributed by atoms with Crippen LogP contribution >= 0.6 is 0 Å². The number of nitrogens with two attached hydrogens (primary N) is 1. The van der Waals surface area contributed by atoms with Gasteiger partial charge in [-0.15, -0.1) is 0 Å². The predicted octanol–water partition coefficient (Wildman–Crippen LogP) is 0.201. The molecule has 12 heavy (non-hydrogen) atoms. The average molecular weight is 165 g/mol. The van der Waals surface area contributed by atoms with Crippen LogP contribution in [0.5, 0.6) is 5.75 Å². The fourth-order valence-electron chi connectivity index (χ4n) is 0.870. The first kappa shape index (κ1) is 8.55. The van der Waals surface area contributed by atoms with Crippen molar-refractivity contribution in [3.05, 3.63) is 29.8 Å². The lowest BCUT2D eigenvalue weighted by molar-refractivity contribution is -0.120.